The molecule has 0 saturated carbocycles. The van der Waals surface area contributed by atoms with Crippen molar-refractivity contribution in [3.8, 4) is 0 Å². The first-order valence-electron chi connectivity index (χ1n) is 11.8. The summed E-state index contributed by atoms with van der Waals surface area (Å²) in [6, 6.07) is 10.7. The number of hydrogen-bond donors (Lipinski definition) is 1. The summed E-state index contributed by atoms with van der Waals surface area (Å²) >= 11 is 0. The first-order chi connectivity index (χ1) is 17.2. The molecule has 0 atom stereocenters. The van der Waals surface area contributed by atoms with Gasteiger partial charge in [-0.15, -0.1) is 0 Å². The summed E-state index contributed by atoms with van der Waals surface area (Å²) in [5.74, 6) is -0.689. The Morgan fingerprint density at radius 3 is 2.61 bits per heavy atom. The van der Waals surface area contributed by atoms with Crippen LogP contribution in [0.25, 0.3) is 22.6 Å². The SMILES string of the molecule is CCc1cccc2c(C=C3C(=O)N(C)c4ccc(S(=O)(=O)N5CCOCC5)cc43)cn(CC(N)=O)c12. The number of aromatic nitrogens is 1. The lowest BCUT2D eigenvalue weighted by Gasteiger charge is -2.26. The molecule has 9 nitrogen and oxygen atoms in total. The number of hydrogen-bond acceptors (Lipinski definition) is 5. The Morgan fingerprint density at radius 1 is 1.17 bits per heavy atom. The van der Waals surface area contributed by atoms with Gasteiger partial charge in [0.15, 0.2) is 0 Å². The van der Waals surface area contributed by atoms with Crippen LogP contribution in [0.15, 0.2) is 47.5 Å². The standard InChI is InChI=1S/C26H28N4O5S/c1-3-17-5-4-6-20-18(15-29(25(17)20)16-24(27)31)13-22-21-14-19(7-8-23(21)28(2)26(22)32)36(33,34)30-9-11-35-12-10-30/h4-8,13-15H,3,9-12,16H2,1-2H3,(H2,27,31). The highest BCUT2D eigenvalue weighted by Gasteiger charge is 2.33. The van der Waals surface area contributed by atoms with E-state index in [-0.39, 0.29) is 17.3 Å². The van der Waals surface area contributed by atoms with E-state index in [0.717, 1.165) is 28.5 Å². The van der Waals surface area contributed by atoms with E-state index in [4.69, 9.17) is 10.5 Å². The predicted molar refractivity (Wildman–Crippen MR) is 138 cm³/mol. The van der Waals surface area contributed by atoms with E-state index < -0.39 is 15.9 Å². The third kappa shape index (κ3) is 4.01. The first kappa shape index (κ1) is 24.2. The fourth-order valence-corrected chi connectivity index (χ4v) is 6.41. The normalized spacial score (nSPS) is 17.8. The second-order valence-corrected chi connectivity index (χ2v) is 10.9. The zero-order valence-electron chi connectivity index (χ0n) is 20.2. The minimum absolute atomic E-state index is 0.0169. The monoisotopic (exact) mass is 508 g/mol. The van der Waals surface area contributed by atoms with Gasteiger partial charge in [0.25, 0.3) is 5.91 Å². The van der Waals surface area contributed by atoms with Gasteiger partial charge in [0, 0.05) is 48.4 Å². The van der Waals surface area contributed by atoms with Gasteiger partial charge in [0.2, 0.25) is 15.9 Å². The third-order valence-electron chi connectivity index (χ3n) is 6.78. The van der Waals surface area contributed by atoms with Gasteiger partial charge in [-0.25, -0.2) is 8.42 Å². The number of sulfonamides is 1. The Labute approximate surface area is 209 Å². The Kier molecular flexibility index (Phi) is 6.19. The van der Waals surface area contributed by atoms with Crippen LogP contribution in [-0.4, -0.2) is 62.5 Å². The molecule has 0 radical (unpaired) electrons. The van der Waals surface area contributed by atoms with Gasteiger partial charge >= 0.3 is 0 Å². The zero-order valence-corrected chi connectivity index (χ0v) is 21.0. The van der Waals surface area contributed by atoms with Gasteiger partial charge in [-0.1, -0.05) is 25.1 Å². The number of nitrogens with two attached hydrogens (primary N) is 1. The molecule has 2 amide bonds. The molecule has 1 fully saturated rings. The molecular weight excluding hydrogens is 480 g/mol. The Balaban J connectivity index is 1.65. The molecule has 0 unspecified atom stereocenters. The fraction of sp³-hybridized carbons (Fsp3) is 0.308. The van der Waals surface area contributed by atoms with Crippen molar-refractivity contribution in [2.24, 2.45) is 5.73 Å². The maximum absolute atomic E-state index is 13.3. The molecule has 188 valence electrons. The molecule has 36 heavy (non-hydrogen) atoms. The van der Waals surface area contributed by atoms with E-state index in [0.29, 0.717) is 43.1 Å². The lowest BCUT2D eigenvalue weighted by molar-refractivity contribution is -0.118. The van der Waals surface area contributed by atoms with Gasteiger partial charge in [0.05, 0.1) is 29.3 Å². The number of anilines is 1. The van der Waals surface area contributed by atoms with Crippen molar-refractivity contribution in [1.82, 2.24) is 8.87 Å². The summed E-state index contributed by atoms with van der Waals surface area (Å²) in [5, 5.41) is 0.893. The van der Waals surface area contributed by atoms with Crippen molar-refractivity contribution in [3.63, 3.8) is 0 Å². The summed E-state index contributed by atoms with van der Waals surface area (Å²) in [7, 11) is -2.06. The summed E-state index contributed by atoms with van der Waals surface area (Å²) in [6.07, 6.45) is 4.36. The molecule has 10 heteroatoms. The van der Waals surface area contributed by atoms with Gasteiger partial charge in [-0.05, 0) is 36.3 Å². The number of likely N-dealkylation sites (N-methyl/N-ethyl adjacent to an activating group) is 1. The average molecular weight is 509 g/mol. The lowest BCUT2D eigenvalue weighted by atomic mass is 10.0. The number of benzene rings is 2. The average Bonchev–Trinajstić information content (AvgIpc) is 3.34. The van der Waals surface area contributed by atoms with E-state index in [9.17, 15) is 18.0 Å². The quantitative estimate of drug-likeness (QED) is 0.513. The highest BCUT2D eigenvalue weighted by Crippen LogP contribution is 2.40. The molecule has 2 aromatic carbocycles. The number of carbonyl (C=O) groups is 2. The van der Waals surface area contributed by atoms with Gasteiger partial charge in [-0.3, -0.25) is 9.59 Å². The van der Waals surface area contributed by atoms with Crippen molar-refractivity contribution < 1.29 is 22.7 Å². The van der Waals surface area contributed by atoms with Crippen LogP contribution in [0.2, 0.25) is 0 Å². The highest BCUT2D eigenvalue weighted by atomic mass is 32.2. The minimum Gasteiger partial charge on any atom is -0.379 e. The molecule has 2 aliphatic rings. The highest BCUT2D eigenvalue weighted by molar-refractivity contribution is 7.89. The molecule has 3 aromatic rings. The van der Waals surface area contributed by atoms with Crippen molar-refractivity contribution in [1.29, 1.82) is 0 Å². The Bertz CT molecular complexity index is 1520. The number of amides is 2. The molecule has 0 aliphatic carbocycles. The number of morpholine rings is 1. The number of primary amides is 1. The number of nitrogens with zero attached hydrogens (tertiary/aromatic N) is 3. The van der Waals surface area contributed by atoms with Crippen LogP contribution in [0, 0.1) is 0 Å². The number of para-hydroxylation sites is 1. The third-order valence-corrected chi connectivity index (χ3v) is 8.68. The summed E-state index contributed by atoms with van der Waals surface area (Å²) in [4.78, 5) is 26.7. The predicted octanol–water partition coefficient (Wildman–Crippen LogP) is 2.23. The van der Waals surface area contributed by atoms with Crippen LogP contribution in [0.5, 0.6) is 0 Å². The smallest absolute Gasteiger partial charge is 0.258 e. The van der Waals surface area contributed by atoms with Gasteiger partial charge in [-0.2, -0.15) is 4.31 Å². The van der Waals surface area contributed by atoms with Crippen LogP contribution in [-0.2, 0) is 37.3 Å². The molecule has 1 saturated heterocycles. The molecule has 2 N–H and O–H groups in total. The van der Waals surface area contributed by atoms with Crippen molar-refractivity contribution in [3.05, 3.63) is 59.3 Å². The van der Waals surface area contributed by atoms with Gasteiger partial charge in [0.1, 0.15) is 6.54 Å². The number of rotatable bonds is 6. The van der Waals surface area contributed by atoms with Gasteiger partial charge < -0.3 is 19.9 Å². The molecule has 2 aliphatic heterocycles. The van der Waals surface area contributed by atoms with E-state index in [1.165, 1.54) is 9.21 Å². The first-order valence-corrected chi connectivity index (χ1v) is 13.3. The molecule has 5 rings (SSSR count). The van der Waals surface area contributed by atoms with Crippen molar-refractivity contribution >= 4 is 50.1 Å². The second-order valence-electron chi connectivity index (χ2n) is 8.96. The summed E-state index contributed by atoms with van der Waals surface area (Å²) in [6.45, 7) is 3.34. The number of ether oxygens (including phenoxy) is 1. The zero-order chi connectivity index (χ0) is 25.6. The van der Waals surface area contributed by atoms with E-state index >= 15 is 0 Å². The number of aryl methyl sites for hydroxylation is 1. The Morgan fingerprint density at radius 2 is 1.92 bits per heavy atom. The van der Waals surface area contributed by atoms with Crippen molar-refractivity contribution in [2.75, 3.05) is 38.3 Å². The van der Waals surface area contributed by atoms with Crippen LogP contribution in [0.1, 0.15) is 23.6 Å². The largest absolute Gasteiger partial charge is 0.379 e. The topological polar surface area (TPSA) is 115 Å². The van der Waals surface area contributed by atoms with Crippen LogP contribution in [0.3, 0.4) is 0 Å². The van der Waals surface area contributed by atoms with E-state index in [2.05, 4.69) is 0 Å². The summed E-state index contributed by atoms with van der Waals surface area (Å²) < 4.78 is 35.1. The van der Waals surface area contributed by atoms with Crippen molar-refractivity contribution in [2.45, 2.75) is 24.8 Å². The van der Waals surface area contributed by atoms with E-state index in [1.54, 1.807) is 31.3 Å². The van der Waals surface area contributed by atoms with Crippen LogP contribution in [0.4, 0.5) is 5.69 Å². The van der Waals surface area contributed by atoms with E-state index in [1.807, 2.05) is 35.9 Å². The van der Waals surface area contributed by atoms with Crippen LogP contribution >= 0.6 is 0 Å². The molecule has 3 heterocycles. The van der Waals surface area contributed by atoms with Crippen LogP contribution < -0.4 is 10.6 Å². The molecule has 1 aromatic heterocycles. The summed E-state index contributed by atoms with van der Waals surface area (Å²) in [5.41, 5.74) is 9.80. The lowest BCUT2D eigenvalue weighted by Crippen LogP contribution is -2.40. The molecule has 0 bridgehead atoms. The molecular formula is C26H28N4O5S. The Hall–Kier alpha value is -3.47. The minimum atomic E-state index is -3.73. The second kappa shape index (κ2) is 9.20. The maximum atomic E-state index is 13.3. The fourth-order valence-electron chi connectivity index (χ4n) is 4.98. The number of carbonyl (C=O) groups excluding carboxylic acids is 2. The maximum Gasteiger partial charge on any atom is 0.258 e. The number of fused-ring (bicyclic) bond motifs is 2. The molecule has 0 spiro atoms.